The predicted octanol–water partition coefficient (Wildman–Crippen LogP) is 3.39. The standard InChI is InChI=1S/C13H10Cl2N4O6/c14-6-1-8(16)12(3-10(6)18(20)21)24-5-25-13-4-11(19(22)23)7(15)2-9(13)17/h1-4H,5,16-17H2. The van der Waals surface area contributed by atoms with E-state index in [0.29, 0.717) is 0 Å². The molecule has 0 radical (unpaired) electrons. The topological polar surface area (TPSA) is 157 Å². The Morgan fingerprint density at radius 2 is 1.20 bits per heavy atom. The predicted molar refractivity (Wildman–Crippen MR) is 91.2 cm³/mol. The summed E-state index contributed by atoms with van der Waals surface area (Å²) in [6.45, 7) is -0.466. The Morgan fingerprint density at radius 3 is 1.52 bits per heavy atom. The van der Waals surface area contributed by atoms with E-state index in [2.05, 4.69) is 0 Å². The first kappa shape index (κ1) is 18.4. The highest BCUT2D eigenvalue weighted by Crippen LogP contribution is 2.36. The number of benzene rings is 2. The summed E-state index contributed by atoms with van der Waals surface area (Å²) in [5.41, 5.74) is 10.6. The number of halogens is 2. The Balaban J connectivity index is 2.16. The molecule has 132 valence electrons. The van der Waals surface area contributed by atoms with E-state index in [1.165, 1.54) is 0 Å². The Bertz CT molecular complexity index is 791. The van der Waals surface area contributed by atoms with Crippen LogP contribution in [0.2, 0.25) is 10.0 Å². The van der Waals surface area contributed by atoms with Crippen LogP contribution >= 0.6 is 23.2 Å². The molecule has 0 bridgehead atoms. The number of rotatable bonds is 6. The molecular weight excluding hydrogens is 379 g/mol. The maximum absolute atomic E-state index is 10.9. The van der Waals surface area contributed by atoms with E-state index in [-0.39, 0.29) is 32.9 Å². The second kappa shape index (κ2) is 7.28. The van der Waals surface area contributed by atoms with Gasteiger partial charge in [-0.2, -0.15) is 0 Å². The van der Waals surface area contributed by atoms with Gasteiger partial charge in [-0.25, -0.2) is 0 Å². The highest BCUT2D eigenvalue weighted by atomic mass is 35.5. The van der Waals surface area contributed by atoms with E-state index >= 15 is 0 Å². The zero-order valence-electron chi connectivity index (χ0n) is 12.3. The molecule has 0 fully saturated rings. The molecule has 12 heteroatoms. The molecule has 0 aliphatic carbocycles. The molecule has 0 heterocycles. The van der Waals surface area contributed by atoms with Gasteiger partial charge in [0.2, 0.25) is 6.79 Å². The second-order valence-electron chi connectivity index (χ2n) is 4.60. The summed E-state index contributed by atoms with van der Waals surface area (Å²) in [6, 6.07) is 4.40. The molecular formula is C13H10Cl2N4O6. The molecule has 2 aromatic carbocycles. The zero-order valence-corrected chi connectivity index (χ0v) is 13.8. The van der Waals surface area contributed by atoms with Gasteiger partial charge in [0, 0.05) is 0 Å². The van der Waals surface area contributed by atoms with E-state index in [1.807, 2.05) is 0 Å². The fraction of sp³-hybridized carbons (Fsp3) is 0.0769. The molecule has 0 unspecified atom stereocenters. The van der Waals surface area contributed by atoms with Crippen molar-refractivity contribution in [2.75, 3.05) is 18.3 Å². The van der Waals surface area contributed by atoms with Gasteiger partial charge in [0.25, 0.3) is 11.4 Å². The summed E-state index contributed by atoms with van der Waals surface area (Å²) < 4.78 is 10.4. The molecule has 10 nitrogen and oxygen atoms in total. The van der Waals surface area contributed by atoms with Crippen LogP contribution < -0.4 is 20.9 Å². The van der Waals surface area contributed by atoms with Gasteiger partial charge < -0.3 is 20.9 Å². The smallest absolute Gasteiger partial charge is 0.291 e. The van der Waals surface area contributed by atoms with E-state index in [0.717, 1.165) is 24.3 Å². The number of nitrogen functional groups attached to an aromatic ring is 2. The zero-order chi connectivity index (χ0) is 18.7. The minimum atomic E-state index is -0.698. The van der Waals surface area contributed by atoms with Gasteiger partial charge in [-0.3, -0.25) is 20.2 Å². The van der Waals surface area contributed by atoms with Crippen LogP contribution in [-0.4, -0.2) is 16.6 Å². The fourth-order valence-corrected chi connectivity index (χ4v) is 2.28. The van der Waals surface area contributed by atoms with Crippen LogP contribution in [0.3, 0.4) is 0 Å². The third kappa shape index (κ3) is 4.11. The first-order valence-electron chi connectivity index (χ1n) is 6.43. The molecule has 25 heavy (non-hydrogen) atoms. The van der Waals surface area contributed by atoms with E-state index < -0.39 is 28.0 Å². The monoisotopic (exact) mass is 388 g/mol. The van der Waals surface area contributed by atoms with Gasteiger partial charge in [-0.1, -0.05) is 23.2 Å². The molecule has 0 amide bonds. The van der Waals surface area contributed by atoms with Crippen LogP contribution in [-0.2, 0) is 0 Å². The Kier molecular flexibility index (Phi) is 5.35. The summed E-state index contributed by atoms with van der Waals surface area (Å²) in [4.78, 5) is 20.3. The average molecular weight is 389 g/mol. The van der Waals surface area contributed by atoms with Crippen LogP contribution in [0.5, 0.6) is 11.5 Å². The van der Waals surface area contributed by atoms with Crippen molar-refractivity contribution in [2.45, 2.75) is 0 Å². The molecule has 0 spiro atoms. The van der Waals surface area contributed by atoms with Crippen molar-refractivity contribution >= 4 is 46.0 Å². The summed E-state index contributed by atoms with van der Waals surface area (Å²) in [5, 5.41) is 21.4. The molecule has 2 aromatic rings. The SMILES string of the molecule is Nc1cc(Cl)c([N+](=O)[O-])cc1OCOc1cc([N+](=O)[O-])c(Cl)cc1N. The van der Waals surface area contributed by atoms with Gasteiger partial charge in [-0.05, 0) is 12.1 Å². The van der Waals surface area contributed by atoms with Crippen LogP contribution in [0.25, 0.3) is 0 Å². The molecule has 0 atom stereocenters. The van der Waals surface area contributed by atoms with Crippen LogP contribution in [0.4, 0.5) is 22.7 Å². The number of anilines is 2. The maximum atomic E-state index is 10.9. The van der Waals surface area contributed by atoms with Gasteiger partial charge in [0.1, 0.15) is 10.0 Å². The van der Waals surface area contributed by atoms with Crippen molar-refractivity contribution in [3.8, 4) is 11.5 Å². The van der Waals surface area contributed by atoms with Crippen molar-refractivity contribution in [1.29, 1.82) is 0 Å². The number of nitrogens with two attached hydrogens (primary N) is 2. The Labute approximate surface area is 150 Å². The fourth-order valence-electron chi connectivity index (χ4n) is 1.80. The highest BCUT2D eigenvalue weighted by molar-refractivity contribution is 6.33. The first-order valence-corrected chi connectivity index (χ1v) is 7.18. The number of ether oxygens (including phenoxy) is 2. The second-order valence-corrected chi connectivity index (χ2v) is 5.42. The number of nitrogens with zero attached hydrogens (tertiary/aromatic N) is 2. The molecule has 2 rings (SSSR count). The van der Waals surface area contributed by atoms with Crippen molar-refractivity contribution < 1.29 is 19.3 Å². The lowest BCUT2D eigenvalue weighted by Gasteiger charge is -2.12. The summed E-state index contributed by atoms with van der Waals surface area (Å²) in [6.07, 6.45) is 0. The minimum absolute atomic E-state index is 0.0434. The highest BCUT2D eigenvalue weighted by Gasteiger charge is 2.18. The molecule has 0 aliphatic rings. The van der Waals surface area contributed by atoms with Gasteiger partial charge in [0.05, 0.1) is 33.4 Å². The number of hydrogen-bond donors (Lipinski definition) is 2. The first-order chi connectivity index (χ1) is 11.7. The number of nitro groups is 2. The molecule has 0 saturated heterocycles. The summed E-state index contributed by atoms with van der Waals surface area (Å²) in [7, 11) is 0. The summed E-state index contributed by atoms with van der Waals surface area (Å²) in [5.74, 6) is -0.0868. The Hall–Kier alpha value is -2.98. The molecule has 0 aliphatic heterocycles. The number of hydrogen-bond acceptors (Lipinski definition) is 8. The van der Waals surface area contributed by atoms with Crippen molar-refractivity contribution in [3.05, 3.63) is 54.5 Å². The van der Waals surface area contributed by atoms with Gasteiger partial charge in [0.15, 0.2) is 11.5 Å². The molecule has 4 N–H and O–H groups in total. The van der Waals surface area contributed by atoms with Crippen LogP contribution in [0.15, 0.2) is 24.3 Å². The molecule has 0 saturated carbocycles. The molecule has 0 aromatic heterocycles. The third-order valence-corrected chi connectivity index (χ3v) is 3.59. The maximum Gasteiger partial charge on any atom is 0.291 e. The largest absolute Gasteiger partial charge is 0.455 e. The summed E-state index contributed by atoms with van der Waals surface area (Å²) >= 11 is 11.4. The van der Waals surface area contributed by atoms with Crippen molar-refractivity contribution in [3.63, 3.8) is 0 Å². The van der Waals surface area contributed by atoms with Crippen LogP contribution in [0, 0.1) is 20.2 Å². The van der Waals surface area contributed by atoms with Crippen molar-refractivity contribution in [1.82, 2.24) is 0 Å². The normalized spacial score (nSPS) is 10.3. The van der Waals surface area contributed by atoms with Gasteiger partial charge in [-0.15, -0.1) is 0 Å². The average Bonchev–Trinajstić information content (AvgIpc) is 2.50. The van der Waals surface area contributed by atoms with E-state index in [9.17, 15) is 20.2 Å². The van der Waals surface area contributed by atoms with E-state index in [4.69, 9.17) is 44.1 Å². The van der Waals surface area contributed by atoms with Crippen molar-refractivity contribution in [2.24, 2.45) is 0 Å². The number of nitro benzene ring substituents is 2. The lowest BCUT2D eigenvalue weighted by Crippen LogP contribution is -2.09. The third-order valence-electron chi connectivity index (χ3n) is 2.98. The van der Waals surface area contributed by atoms with E-state index in [1.54, 1.807) is 0 Å². The lowest BCUT2D eigenvalue weighted by molar-refractivity contribution is -0.384. The lowest BCUT2D eigenvalue weighted by atomic mass is 10.2. The van der Waals surface area contributed by atoms with Crippen LogP contribution in [0.1, 0.15) is 0 Å². The quantitative estimate of drug-likeness (QED) is 0.329. The minimum Gasteiger partial charge on any atom is -0.455 e. The Morgan fingerprint density at radius 1 is 0.840 bits per heavy atom. The van der Waals surface area contributed by atoms with Gasteiger partial charge >= 0.3 is 0 Å².